The maximum atomic E-state index is 13.1. The fourth-order valence-electron chi connectivity index (χ4n) is 4.37. The molecule has 2 amide bonds. The number of aliphatic hydroxyl groups is 1. The molecule has 6 nitrogen and oxygen atoms in total. The van der Waals surface area contributed by atoms with Crippen molar-refractivity contribution in [3.8, 4) is 5.75 Å². The molecular formula is C23H25FN2O4. The molecule has 0 spiro atoms. The van der Waals surface area contributed by atoms with E-state index in [1.165, 1.54) is 12.1 Å². The molecule has 30 heavy (non-hydrogen) atoms. The van der Waals surface area contributed by atoms with E-state index in [4.69, 9.17) is 4.74 Å². The zero-order valence-electron chi connectivity index (χ0n) is 16.5. The van der Waals surface area contributed by atoms with E-state index >= 15 is 0 Å². The van der Waals surface area contributed by atoms with Gasteiger partial charge in [-0.25, -0.2) is 4.39 Å². The molecule has 0 radical (unpaired) electrons. The summed E-state index contributed by atoms with van der Waals surface area (Å²) in [5.41, 5.74) is 0.518. The third kappa shape index (κ3) is 4.62. The first kappa shape index (κ1) is 20.3. The number of halogens is 1. The lowest BCUT2D eigenvalue weighted by molar-refractivity contribution is -0.129. The normalized spacial score (nSPS) is 25.5. The third-order valence-electron chi connectivity index (χ3n) is 5.97. The predicted molar refractivity (Wildman–Crippen MR) is 108 cm³/mol. The van der Waals surface area contributed by atoms with Crippen LogP contribution in [0.25, 0.3) is 0 Å². The highest BCUT2D eigenvalue weighted by molar-refractivity contribution is 5.96. The van der Waals surface area contributed by atoms with E-state index in [0.29, 0.717) is 37.2 Å². The molecule has 158 valence electrons. The van der Waals surface area contributed by atoms with Crippen molar-refractivity contribution < 1.29 is 23.8 Å². The Morgan fingerprint density at radius 2 is 1.70 bits per heavy atom. The van der Waals surface area contributed by atoms with Crippen molar-refractivity contribution in [2.24, 2.45) is 11.8 Å². The second kappa shape index (κ2) is 8.83. The average Bonchev–Trinajstić information content (AvgIpc) is 3.17. The second-order valence-electron chi connectivity index (χ2n) is 8.02. The summed E-state index contributed by atoms with van der Waals surface area (Å²) in [6.07, 6.45) is 0.161. The molecule has 7 heteroatoms. The van der Waals surface area contributed by atoms with Gasteiger partial charge in [-0.15, -0.1) is 0 Å². The van der Waals surface area contributed by atoms with Crippen LogP contribution < -0.4 is 10.1 Å². The van der Waals surface area contributed by atoms with Gasteiger partial charge in [0.25, 0.3) is 5.91 Å². The first-order valence-corrected chi connectivity index (χ1v) is 10.2. The molecule has 2 aromatic carbocycles. The minimum Gasteiger partial charge on any atom is -0.488 e. The summed E-state index contributed by atoms with van der Waals surface area (Å²) < 4.78 is 19.0. The van der Waals surface area contributed by atoms with Crippen LogP contribution in [0, 0.1) is 17.7 Å². The molecule has 0 bridgehead atoms. The van der Waals surface area contributed by atoms with Crippen LogP contribution in [-0.4, -0.2) is 53.7 Å². The van der Waals surface area contributed by atoms with Crippen molar-refractivity contribution >= 4 is 11.8 Å². The van der Waals surface area contributed by atoms with Crippen molar-refractivity contribution in [1.82, 2.24) is 10.2 Å². The molecule has 1 aliphatic heterocycles. The molecule has 2 aromatic rings. The number of rotatable bonds is 5. The molecule has 2 fully saturated rings. The fraction of sp³-hybridized carbons (Fsp3) is 0.391. The smallest absolute Gasteiger partial charge is 0.251 e. The first-order chi connectivity index (χ1) is 14.5. The lowest BCUT2D eigenvalue weighted by Crippen LogP contribution is -2.42. The number of aliphatic hydroxyl groups excluding tert-OH is 1. The van der Waals surface area contributed by atoms with Crippen molar-refractivity contribution in [3.63, 3.8) is 0 Å². The molecule has 1 saturated carbocycles. The lowest BCUT2D eigenvalue weighted by atomic mass is 9.78. The fourth-order valence-corrected chi connectivity index (χ4v) is 4.37. The Morgan fingerprint density at radius 3 is 2.40 bits per heavy atom. The number of nitrogens with one attached hydrogen (secondary N) is 1. The van der Waals surface area contributed by atoms with Gasteiger partial charge in [0, 0.05) is 18.7 Å². The molecule has 1 aliphatic carbocycles. The maximum Gasteiger partial charge on any atom is 0.251 e. The summed E-state index contributed by atoms with van der Waals surface area (Å²) in [5.74, 6) is 0.224. The van der Waals surface area contributed by atoms with Gasteiger partial charge in [-0.05, 0) is 61.1 Å². The van der Waals surface area contributed by atoms with Crippen LogP contribution in [0.5, 0.6) is 5.75 Å². The van der Waals surface area contributed by atoms with E-state index in [2.05, 4.69) is 5.32 Å². The van der Waals surface area contributed by atoms with Gasteiger partial charge in [0.05, 0.1) is 12.6 Å². The highest BCUT2D eigenvalue weighted by Crippen LogP contribution is 2.38. The largest absolute Gasteiger partial charge is 0.488 e. The average molecular weight is 412 g/mol. The van der Waals surface area contributed by atoms with Gasteiger partial charge in [0.1, 0.15) is 17.7 Å². The van der Waals surface area contributed by atoms with Crippen LogP contribution in [0.3, 0.4) is 0 Å². The van der Waals surface area contributed by atoms with Gasteiger partial charge in [-0.3, -0.25) is 9.59 Å². The first-order valence-electron chi connectivity index (χ1n) is 10.2. The van der Waals surface area contributed by atoms with Crippen LogP contribution in [0.4, 0.5) is 4.39 Å². The van der Waals surface area contributed by atoms with Gasteiger partial charge in [-0.2, -0.15) is 0 Å². The van der Waals surface area contributed by atoms with Crippen LogP contribution in [-0.2, 0) is 4.79 Å². The van der Waals surface area contributed by atoms with Crippen LogP contribution >= 0.6 is 0 Å². The Balaban J connectivity index is 1.30. The summed E-state index contributed by atoms with van der Waals surface area (Å²) in [6, 6.07) is 14.5. The minimum atomic E-state index is -0.635. The zero-order valence-corrected chi connectivity index (χ0v) is 16.5. The van der Waals surface area contributed by atoms with Gasteiger partial charge < -0.3 is 20.1 Å². The van der Waals surface area contributed by atoms with Crippen molar-refractivity contribution in [1.29, 1.82) is 0 Å². The Labute approximate surface area is 174 Å². The van der Waals surface area contributed by atoms with E-state index < -0.39 is 6.10 Å². The van der Waals surface area contributed by atoms with Crippen molar-refractivity contribution in [2.75, 3.05) is 19.6 Å². The summed E-state index contributed by atoms with van der Waals surface area (Å²) in [5, 5.41) is 13.2. The molecule has 4 rings (SSSR count). The maximum absolute atomic E-state index is 13.1. The van der Waals surface area contributed by atoms with Gasteiger partial charge in [0.2, 0.25) is 5.91 Å². The molecule has 0 aromatic heterocycles. The second-order valence-corrected chi connectivity index (χ2v) is 8.02. The number of amides is 2. The summed E-state index contributed by atoms with van der Waals surface area (Å²) in [4.78, 5) is 26.5. The third-order valence-corrected chi connectivity index (χ3v) is 5.97. The van der Waals surface area contributed by atoms with Gasteiger partial charge in [0.15, 0.2) is 0 Å². The highest BCUT2D eigenvalue weighted by atomic mass is 19.1. The number of benzene rings is 2. The molecule has 0 unspecified atom stereocenters. The van der Waals surface area contributed by atoms with Crippen LogP contribution in [0.15, 0.2) is 54.6 Å². The molecule has 1 heterocycles. The van der Waals surface area contributed by atoms with Crippen molar-refractivity contribution in [2.45, 2.75) is 25.0 Å². The number of ether oxygens (including phenoxy) is 1. The molecule has 2 N–H and O–H groups in total. The molecule has 2 aliphatic rings. The van der Waals surface area contributed by atoms with Crippen LogP contribution in [0.1, 0.15) is 23.2 Å². The van der Waals surface area contributed by atoms with Crippen molar-refractivity contribution in [3.05, 3.63) is 66.0 Å². The van der Waals surface area contributed by atoms with E-state index in [1.807, 2.05) is 6.07 Å². The van der Waals surface area contributed by atoms with Crippen LogP contribution in [0.2, 0.25) is 0 Å². The molecule has 4 atom stereocenters. The van der Waals surface area contributed by atoms with E-state index in [9.17, 15) is 19.1 Å². The van der Waals surface area contributed by atoms with E-state index in [0.717, 1.165) is 0 Å². The molecular weight excluding hydrogens is 387 g/mol. The number of hydrogen-bond donors (Lipinski definition) is 2. The number of carbonyl (C=O) groups is 2. The minimum absolute atomic E-state index is 0.0504. The predicted octanol–water partition coefficient (Wildman–Crippen LogP) is 2.23. The lowest BCUT2D eigenvalue weighted by Gasteiger charge is -2.35. The van der Waals surface area contributed by atoms with Gasteiger partial charge in [-0.1, -0.05) is 18.2 Å². The Bertz CT molecular complexity index is 890. The monoisotopic (exact) mass is 412 g/mol. The Kier molecular flexibility index (Phi) is 5.99. The van der Waals surface area contributed by atoms with E-state index in [1.54, 1.807) is 41.3 Å². The van der Waals surface area contributed by atoms with E-state index in [-0.39, 0.29) is 42.1 Å². The summed E-state index contributed by atoms with van der Waals surface area (Å²) in [6.45, 7) is 1.11. The number of hydrogen-bond acceptors (Lipinski definition) is 4. The quantitative estimate of drug-likeness (QED) is 0.790. The highest BCUT2D eigenvalue weighted by Gasteiger charge is 2.43. The SMILES string of the molecule is O=C(NCC(=O)N1C[C@H]2C[C@@H](Oc3ccc(F)cc3)[C@H](O)C[C@H]2C1)c1ccccc1. The Hall–Kier alpha value is -2.93. The number of fused-ring (bicyclic) bond motifs is 1. The number of likely N-dealkylation sites (tertiary alicyclic amines) is 1. The van der Waals surface area contributed by atoms with Gasteiger partial charge >= 0.3 is 0 Å². The zero-order chi connectivity index (χ0) is 21.1. The topological polar surface area (TPSA) is 78.9 Å². The summed E-state index contributed by atoms with van der Waals surface area (Å²) in [7, 11) is 0. The standard InChI is InChI=1S/C23H25FN2O4/c24-18-6-8-19(9-7-18)30-21-11-17-14-26(13-16(17)10-20(21)27)22(28)12-25-23(29)15-4-2-1-3-5-15/h1-9,16-17,20-21,27H,10-14H2,(H,25,29)/t16-,17+,20+,21+/m0/s1. The molecule has 1 saturated heterocycles. The Morgan fingerprint density at radius 1 is 1.03 bits per heavy atom. The number of carbonyl (C=O) groups excluding carboxylic acids is 2. The number of nitrogens with zero attached hydrogens (tertiary/aromatic N) is 1. The summed E-state index contributed by atoms with van der Waals surface area (Å²) >= 11 is 0.